The third-order valence-corrected chi connectivity index (χ3v) is 5.39. The Labute approximate surface area is 167 Å². The lowest BCUT2D eigenvalue weighted by molar-refractivity contribution is 0.00578. The van der Waals surface area contributed by atoms with E-state index in [0.29, 0.717) is 31.8 Å². The van der Waals surface area contributed by atoms with Crippen molar-refractivity contribution in [1.29, 1.82) is 0 Å². The molecule has 2 aliphatic heterocycles. The van der Waals surface area contributed by atoms with E-state index in [1.807, 2.05) is 48.5 Å². The molecule has 0 bridgehead atoms. The molecule has 28 heavy (non-hydrogen) atoms. The Hall–Kier alpha value is -1.87. The summed E-state index contributed by atoms with van der Waals surface area (Å²) < 4.78 is 17.6. The Bertz CT molecular complexity index is 711. The van der Waals surface area contributed by atoms with Crippen molar-refractivity contribution in [2.45, 2.75) is 65.3 Å². The molecular weight excluding hydrogens is 359 g/mol. The molecular formula is C19H31BN4O4. The van der Waals surface area contributed by atoms with Crippen LogP contribution in [0.15, 0.2) is 12.4 Å². The van der Waals surface area contributed by atoms with E-state index in [4.69, 9.17) is 19.0 Å². The molecule has 1 amide bonds. The molecule has 2 fully saturated rings. The standard InChI is InChI=1S/C19H31BN4O4/c1-17(2,3)26-16(25)24-10-8-23(9-11-24)15-13-21-12-14(22-15)20-27-18(4,5)19(6,7)28-20/h12-13H,8-11H2,1-7H3. The minimum absolute atomic E-state index is 0.274. The number of nitrogens with zero attached hydrogens (tertiary/aromatic N) is 4. The second-order valence-corrected chi connectivity index (χ2v) is 9.34. The van der Waals surface area contributed by atoms with E-state index in [9.17, 15) is 4.79 Å². The third kappa shape index (κ3) is 4.41. The van der Waals surface area contributed by atoms with E-state index >= 15 is 0 Å². The molecule has 0 unspecified atom stereocenters. The van der Waals surface area contributed by atoms with Crippen LogP contribution < -0.4 is 10.5 Å². The average Bonchev–Trinajstić information content (AvgIpc) is 2.81. The number of hydrogen-bond donors (Lipinski definition) is 0. The topological polar surface area (TPSA) is 77.0 Å². The fourth-order valence-corrected chi connectivity index (χ4v) is 3.04. The molecule has 0 aliphatic carbocycles. The number of amides is 1. The Morgan fingerprint density at radius 1 is 1.07 bits per heavy atom. The van der Waals surface area contributed by atoms with Gasteiger partial charge in [0.05, 0.1) is 23.0 Å². The van der Waals surface area contributed by atoms with Crippen molar-refractivity contribution in [3.8, 4) is 0 Å². The summed E-state index contributed by atoms with van der Waals surface area (Å²) in [5.74, 6) is 0.760. The normalized spacial score (nSPS) is 21.8. The molecule has 0 radical (unpaired) electrons. The zero-order valence-corrected chi connectivity index (χ0v) is 18.0. The van der Waals surface area contributed by atoms with Crippen molar-refractivity contribution in [2.24, 2.45) is 0 Å². The zero-order valence-electron chi connectivity index (χ0n) is 18.0. The van der Waals surface area contributed by atoms with Gasteiger partial charge in [0.1, 0.15) is 11.4 Å². The average molecular weight is 390 g/mol. The quantitative estimate of drug-likeness (QED) is 0.713. The molecule has 3 rings (SSSR count). The summed E-state index contributed by atoms with van der Waals surface area (Å²) in [4.78, 5) is 25.1. The highest BCUT2D eigenvalue weighted by Gasteiger charge is 2.52. The van der Waals surface area contributed by atoms with Crippen LogP contribution in [-0.2, 0) is 14.0 Å². The van der Waals surface area contributed by atoms with Crippen LogP contribution in [0.1, 0.15) is 48.5 Å². The maximum Gasteiger partial charge on any atom is 0.516 e. The van der Waals surface area contributed by atoms with Crippen LogP contribution in [0.25, 0.3) is 0 Å². The van der Waals surface area contributed by atoms with Gasteiger partial charge in [-0.15, -0.1) is 0 Å². The van der Waals surface area contributed by atoms with Gasteiger partial charge in [-0.1, -0.05) is 0 Å². The van der Waals surface area contributed by atoms with Gasteiger partial charge in [0, 0.05) is 32.4 Å². The van der Waals surface area contributed by atoms with Gasteiger partial charge in [-0.05, 0) is 48.5 Å². The summed E-state index contributed by atoms with van der Waals surface area (Å²) in [6.07, 6.45) is 3.14. The van der Waals surface area contributed by atoms with Crippen molar-refractivity contribution < 1.29 is 18.8 Å². The summed E-state index contributed by atoms with van der Waals surface area (Å²) in [5.41, 5.74) is -0.676. The van der Waals surface area contributed by atoms with E-state index in [1.54, 1.807) is 17.3 Å². The monoisotopic (exact) mass is 390 g/mol. The lowest BCUT2D eigenvalue weighted by Gasteiger charge is -2.36. The maximum absolute atomic E-state index is 12.2. The molecule has 0 spiro atoms. The predicted molar refractivity (Wildman–Crippen MR) is 108 cm³/mol. The summed E-state index contributed by atoms with van der Waals surface area (Å²) in [6.45, 7) is 16.2. The van der Waals surface area contributed by atoms with Crippen LogP contribution in [0.5, 0.6) is 0 Å². The second kappa shape index (κ2) is 7.19. The molecule has 2 saturated heterocycles. The van der Waals surface area contributed by atoms with Gasteiger partial charge < -0.3 is 23.8 Å². The van der Waals surface area contributed by atoms with Gasteiger partial charge in [0.2, 0.25) is 0 Å². The summed E-state index contributed by atoms with van der Waals surface area (Å²) in [5, 5.41) is 0. The number of carbonyl (C=O) groups excluding carboxylic acids is 1. The van der Waals surface area contributed by atoms with Crippen molar-refractivity contribution in [2.75, 3.05) is 31.1 Å². The van der Waals surface area contributed by atoms with E-state index in [2.05, 4.69) is 9.88 Å². The van der Waals surface area contributed by atoms with Crippen LogP contribution in [0.4, 0.5) is 10.6 Å². The van der Waals surface area contributed by atoms with Gasteiger partial charge in [0.15, 0.2) is 0 Å². The molecule has 3 heterocycles. The number of anilines is 1. The fourth-order valence-electron chi connectivity index (χ4n) is 3.04. The summed E-state index contributed by atoms with van der Waals surface area (Å²) in [6, 6.07) is 0. The van der Waals surface area contributed by atoms with Gasteiger partial charge in [0.25, 0.3) is 0 Å². The molecule has 2 aliphatic rings. The van der Waals surface area contributed by atoms with Crippen molar-refractivity contribution >= 4 is 24.6 Å². The van der Waals surface area contributed by atoms with Gasteiger partial charge >= 0.3 is 13.2 Å². The first-order chi connectivity index (χ1) is 12.9. The first-order valence-electron chi connectivity index (χ1n) is 9.78. The van der Waals surface area contributed by atoms with Gasteiger partial charge in [-0.2, -0.15) is 0 Å². The van der Waals surface area contributed by atoms with Crippen LogP contribution in [0, 0.1) is 0 Å². The minimum atomic E-state index is -0.541. The van der Waals surface area contributed by atoms with Crippen molar-refractivity contribution in [3.63, 3.8) is 0 Å². The molecule has 0 N–H and O–H groups in total. The Kier molecular flexibility index (Phi) is 5.35. The van der Waals surface area contributed by atoms with Crippen LogP contribution in [0.2, 0.25) is 0 Å². The summed E-state index contributed by atoms with van der Waals surface area (Å²) in [7, 11) is -0.541. The van der Waals surface area contributed by atoms with Crippen LogP contribution in [-0.4, -0.2) is 71.1 Å². The fraction of sp³-hybridized carbons (Fsp3) is 0.737. The molecule has 1 aromatic heterocycles. The van der Waals surface area contributed by atoms with E-state index < -0.39 is 23.9 Å². The van der Waals surface area contributed by atoms with Crippen LogP contribution >= 0.6 is 0 Å². The first kappa shape index (κ1) is 20.9. The van der Waals surface area contributed by atoms with Crippen LogP contribution in [0.3, 0.4) is 0 Å². The van der Waals surface area contributed by atoms with Gasteiger partial charge in [-0.3, -0.25) is 4.98 Å². The number of rotatable bonds is 2. The van der Waals surface area contributed by atoms with Gasteiger partial charge in [-0.25, -0.2) is 9.78 Å². The Balaban J connectivity index is 1.64. The van der Waals surface area contributed by atoms with E-state index in [1.165, 1.54) is 0 Å². The highest BCUT2D eigenvalue weighted by atomic mass is 16.7. The molecule has 0 atom stereocenters. The minimum Gasteiger partial charge on any atom is -0.444 e. The smallest absolute Gasteiger partial charge is 0.444 e. The molecule has 0 aromatic carbocycles. The Morgan fingerprint density at radius 2 is 1.64 bits per heavy atom. The SMILES string of the molecule is CC(C)(C)OC(=O)N1CCN(c2cncc(B3OC(C)(C)C(C)(C)O3)n2)CC1. The first-order valence-corrected chi connectivity index (χ1v) is 9.78. The predicted octanol–water partition coefficient (Wildman–Crippen LogP) is 1.83. The zero-order chi connectivity index (χ0) is 20.7. The highest BCUT2D eigenvalue weighted by molar-refractivity contribution is 6.61. The molecule has 9 heteroatoms. The number of aromatic nitrogens is 2. The Morgan fingerprint density at radius 3 is 2.18 bits per heavy atom. The second-order valence-electron chi connectivity index (χ2n) is 9.34. The lowest BCUT2D eigenvalue weighted by atomic mass is 9.85. The largest absolute Gasteiger partial charge is 0.516 e. The van der Waals surface area contributed by atoms with E-state index in [-0.39, 0.29) is 6.09 Å². The summed E-state index contributed by atoms with van der Waals surface area (Å²) >= 11 is 0. The molecule has 1 aromatic rings. The number of carbonyl (C=O) groups is 1. The number of piperazine rings is 1. The maximum atomic E-state index is 12.2. The van der Waals surface area contributed by atoms with E-state index in [0.717, 1.165) is 5.82 Å². The molecule has 0 saturated carbocycles. The third-order valence-electron chi connectivity index (χ3n) is 5.39. The number of hydrogen-bond acceptors (Lipinski definition) is 7. The number of ether oxygens (including phenoxy) is 1. The highest BCUT2D eigenvalue weighted by Crippen LogP contribution is 2.36. The van der Waals surface area contributed by atoms with Crippen molar-refractivity contribution in [3.05, 3.63) is 12.4 Å². The van der Waals surface area contributed by atoms with Crippen molar-refractivity contribution in [1.82, 2.24) is 14.9 Å². The lowest BCUT2D eigenvalue weighted by Crippen LogP contribution is -2.50. The molecule has 8 nitrogen and oxygen atoms in total. The molecule has 154 valence electrons.